The minimum absolute atomic E-state index is 0.0803. The van der Waals surface area contributed by atoms with Crippen molar-refractivity contribution in [2.45, 2.75) is 52.4 Å². The number of anilines is 2. The van der Waals surface area contributed by atoms with Crippen LogP contribution in [-0.4, -0.2) is 46.3 Å². The maximum absolute atomic E-state index is 12.5. The zero-order valence-electron chi connectivity index (χ0n) is 21.0. The first-order chi connectivity index (χ1) is 17.3. The zero-order valence-corrected chi connectivity index (χ0v) is 21.0. The SMILES string of the molecule is CCCCc1ccc(NC(=O)Nc2[nH]c(Cc3ccc(C(=O)N(C)CCCC)o3)nc2C(N)=O)cc1. The molecule has 1 aromatic carbocycles. The van der Waals surface area contributed by atoms with E-state index >= 15 is 0 Å². The van der Waals surface area contributed by atoms with E-state index in [1.165, 1.54) is 5.56 Å². The van der Waals surface area contributed by atoms with Crippen molar-refractivity contribution in [1.82, 2.24) is 14.9 Å². The van der Waals surface area contributed by atoms with Gasteiger partial charge in [0.05, 0.1) is 6.42 Å². The molecule has 0 unspecified atom stereocenters. The van der Waals surface area contributed by atoms with Crippen LogP contribution in [0.1, 0.15) is 77.7 Å². The highest BCUT2D eigenvalue weighted by Gasteiger charge is 2.20. The molecule has 0 fully saturated rings. The van der Waals surface area contributed by atoms with Gasteiger partial charge in [0.1, 0.15) is 17.4 Å². The average Bonchev–Trinajstić information content (AvgIpc) is 3.48. The van der Waals surface area contributed by atoms with E-state index in [9.17, 15) is 14.4 Å². The summed E-state index contributed by atoms with van der Waals surface area (Å²) >= 11 is 0. The number of H-pyrrole nitrogens is 1. The summed E-state index contributed by atoms with van der Waals surface area (Å²) in [4.78, 5) is 45.6. The number of hydrogen-bond acceptors (Lipinski definition) is 5. The lowest BCUT2D eigenvalue weighted by Gasteiger charge is -2.14. The van der Waals surface area contributed by atoms with Gasteiger partial charge in [-0.25, -0.2) is 9.78 Å². The molecule has 2 aromatic heterocycles. The van der Waals surface area contributed by atoms with Crippen molar-refractivity contribution < 1.29 is 18.8 Å². The van der Waals surface area contributed by atoms with E-state index < -0.39 is 11.9 Å². The molecule has 0 saturated heterocycles. The first-order valence-electron chi connectivity index (χ1n) is 12.2. The van der Waals surface area contributed by atoms with Crippen LogP contribution >= 0.6 is 0 Å². The Morgan fingerprint density at radius 2 is 1.75 bits per heavy atom. The highest BCUT2D eigenvalue weighted by Crippen LogP contribution is 2.18. The number of nitrogens with zero attached hydrogens (tertiary/aromatic N) is 2. The molecule has 0 atom stereocenters. The van der Waals surface area contributed by atoms with Crippen LogP contribution in [0.5, 0.6) is 0 Å². The lowest BCUT2D eigenvalue weighted by molar-refractivity contribution is 0.0760. The third-order valence-corrected chi connectivity index (χ3v) is 5.66. The minimum atomic E-state index is -0.791. The van der Waals surface area contributed by atoms with E-state index in [4.69, 9.17) is 10.2 Å². The van der Waals surface area contributed by atoms with E-state index in [0.29, 0.717) is 23.8 Å². The molecule has 0 aliphatic carbocycles. The van der Waals surface area contributed by atoms with Gasteiger partial charge in [-0.05, 0) is 49.1 Å². The van der Waals surface area contributed by atoms with Gasteiger partial charge >= 0.3 is 6.03 Å². The quantitative estimate of drug-likeness (QED) is 0.292. The molecule has 192 valence electrons. The van der Waals surface area contributed by atoms with Crippen LogP contribution < -0.4 is 16.4 Å². The van der Waals surface area contributed by atoms with Gasteiger partial charge in [-0.2, -0.15) is 0 Å². The van der Waals surface area contributed by atoms with Gasteiger partial charge in [0.2, 0.25) is 0 Å². The predicted octanol–water partition coefficient (Wildman–Crippen LogP) is 4.55. The van der Waals surface area contributed by atoms with Crippen LogP contribution in [0.2, 0.25) is 0 Å². The first kappa shape index (κ1) is 26.5. The van der Waals surface area contributed by atoms with Gasteiger partial charge in [0.25, 0.3) is 11.8 Å². The summed E-state index contributed by atoms with van der Waals surface area (Å²) in [6, 6.07) is 10.3. The van der Waals surface area contributed by atoms with Crippen molar-refractivity contribution in [2.75, 3.05) is 24.2 Å². The van der Waals surface area contributed by atoms with Gasteiger partial charge in [0, 0.05) is 19.3 Å². The fraction of sp³-hybridized carbons (Fsp3) is 0.385. The van der Waals surface area contributed by atoms with Crippen LogP contribution in [0.25, 0.3) is 0 Å². The second kappa shape index (κ2) is 12.6. The Morgan fingerprint density at radius 3 is 2.42 bits per heavy atom. The summed E-state index contributed by atoms with van der Waals surface area (Å²) in [6.07, 6.45) is 5.29. The molecule has 0 aliphatic heterocycles. The summed E-state index contributed by atoms with van der Waals surface area (Å²) in [5.41, 5.74) is 7.17. The standard InChI is InChI=1S/C26H34N6O4/c1-4-6-8-17-9-11-18(12-10-17)28-26(35)31-24-22(23(27)33)29-21(30-24)16-19-13-14-20(36-19)25(34)32(3)15-7-5-2/h9-14H,4-8,15-16H2,1-3H3,(H2,27,33)(H,29,30)(H2,28,31,35). The Kier molecular flexibility index (Phi) is 9.26. The predicted molar refractivity (Wildman–Crippen MR) is 138 cm³/mol. The number of primary amides is 1. The summed E-state index contributed by atoms with van der Waals surface area (Å²) in [5, 5.41) is 5.32. The lowest BCUT2D eigenvalue weighted by Crippen LogP contribution is -2.27. The van der Waals surface area contributed by atoms with Crippen LogP contribution in [0.3, 0.4) is 0 Å². The van der Waals surface area contributed by atoms with Crippen LogP contribution in [-0.2, 0) is 12.8 Å². The van der Waals surface area contributed by atoms with Gasteiger partial charge < -0.3 is 25.4 Å². The molecule has 3 rings (SSSR count). The molecule has 0 saturated carbocycles. The zero-order chi connectivity index (χ0) is 26.1. The number of aryl methyl sites for hydroxylation is 1. The molecule has 0 spiro atoms. The Hall–Kier alpha value is -4.08. The van der Waals surface area contributed by atoms with Gasteiger partial charge in [-0.1, -0.05) is 38.8 Å². The third-order valence-electron chi connectivity index (χ3n) is 5.66. The number of carbonyl (C=O) groups is 3. The Morgan fingerprint density at radius 1 is 1.03 bits per heavy atom. The van der Waals surface area contributed by atoms with Crippen molar-refractivity contribution >= 4 is 29.4 Å². The van der Waals surface area contributed by atoms with Gasteiger partial charge in [-0.15, -0.1) is 0 Å². The number of amides is 4. The molecular weight excluding hydrogens is 460 g/mol. The van der Waals surface area contributed by atoms with Gasteiger partial charge in [0.15, 0.2) is 11.5 Å². The van der Waals surface area contributed by atoms with E-state index in [1.807, 2.05) is 24.3 Å². The second-order valence-corrected chi connectivity index (χ2v) is 8.67. The van der Waals surface area contributed by atoms with E-state index in [1.54, 1.807) is 24.1 Å². The molecule has 36 heavy (non-hydrogen) atoms. The number of nitrogens with one attached hydrogen (secondary N) is 3. The normalized spacial score (nSPS) is 10.8. The van der Waals surface area contributed by atoms with Crippen LogP contribution in [0.15, 0.2) is 40.8 Å². The monoisotopic (exact) mass is 494 g/mol. The maximum atomic E-state index is 12.5. The Labute approximate surface area is 210 Å². The molecule has 0 radical (unpaired) electrons. The van der Waals surface area contributed by atoms with Crippen molar-refractivity contribution in [3.63, 3.8) is 0 Å². The number of carbonyl (C=O) groups excluding carboxylic acids is 3. The van der Waals surface area contributed by atoms with E-state index in [0.717, 1.165) is 32.1 Å². The summed E-state index contributed by atoms with van der Waals surface area (Å²) in [7, 11) is 1.73. The largest absolute Gasteiger partial charge is 0.455 e. The van der Waals surface area contributed by atoms with Crippen molar-refractivity contribution in [3.05, 3.63) is 65.0 Å². The van der Waals surface area contributed by atoms with Crippen LogP contribution in [0, 0.1) is 0 Å². The third kappa shape index (κ3) is 7.21. The molecule has 0 aliphatic rings. The fourth-order valence-electron chi connectivity index (χ4n) is 3.62. The molecule has 3 aromatic rings. The number of nitrogens with two attached hydrogens (primary N) is 1. The topological polar surface area (TPSA) is 146 Å². The summed E-state index contributed by atoms with van der Waals surface area (Å²) < 4.78 is 5.69. The Bertz CT molecular complexity index is 1180. The summed E-state index contributed by atoms with van der Waals surface area (Å²) in [5.74, 6) is 0.143. The molecular formula is C26H34N6O4. The molecule has 0 bridgehead atoms. The first-order valence-corrected chi connectivity index (χ1v) is 12.2. The Balaban J connectivity index is 1.64. The number of unbranched alkanes of at least 4 members (excludes halogenated alkanes) is 2. The molecule has 10 nitrogen and oxygen atoms in total. The fourth-order valence-corrected chi connectivity index (χ4v) is 3.62. The number of aromatic amines is 1. The number of urea groups is 1. The summed E-state index contributed by atoms with van der Waals surface area (Å²) in [6.45, 7) is 4.85. The minimum Gasteiger partial charge on any atom is -0.455 e. The number of hydrogen-bond donors (Lipinski definition) is 4. The average molecular weight is 495 g/mol. The maximum Gasteiger partial charge on any atom is 0.324 e. The van der Waals surface area contributed by atoms with Crippen molar-refractivity contribution in [1.29, 1.82) is 0 Å². The highest BCUT2D eigenvalue weighted by atomic mass is 16.4. The number of rotatable bonds is 12. The lowest BCUT2D eigenvalue weighted by atomic mass is 10.1. The smallest absolute Gasteiger partial charge is 0.324 e. The number of imidazole rings is 1. The van der Waals surface area contributed by atoms with E-state index in [-0.39, 0.29) is 29.6 Å². The highest BCUT2D eigenvalue weighted by molar-refractivity contribution is 6.04. The molecule has 10 heteroatoms. The van der Waals surface area contributed by atoms with Crippen molar-refractivity contribution in [3.8, 4) is 0 Å². The number of aromatic nitrogens is 2. The second-order valence-electron chi connectivity index (χ2n) is 8.67. The van der Waals surface area contributed by atoms with E-state index in [2.05, 4.69) is 34.4 Å². The van der Waals surface area contributed by atoms with Crippen molar-refractivity contribution in [2.24, 2.45) is 5.73 Å². The number of benzene rings is 1. The van der Waals surface area contributed by atoms with Gasteiger partial charge in [-0.3, -0.25) is 14.9 Å². The van der Waals surface area contributed by atoms with Crippen LogP contribution in [0.4, 0.5) is 16.3 Å². The molecule has 2 heterocycles. The molecule has 5 N–H and O–H groups in total. The number of furan rings is 1. The molecule has 4 amide bonds.